The third-order valence-corrected chi connectivity index (χ3v) is 15.2. The van der Waals surface area contributed by atoms with E-state index >= 15 is 0 Å². The van der Waals surface area contributed by atoms with Crippen molar-refractivity contribution in [3.8, 4) is 20.2 Å². The van der Waals surface area contributed by atoms with E-state index in [2.05, 4.69) is 120 Å². The summed E-state index contributed by atoms with van der Waals surface area (Å²) in [6.45, 7) is 13.1. The lowest BCUT2D eigenvalue weighted by Crippen LogP contribution is -2.41. The van der Waals surface area contributed by atoms with Gasteiger partial charge in [0.1, 0.15) is 0 Å². The van der Waals surface area contributed by atoms with E-state index in [0.717, 1.165) is 55.6 Å². The molecule has 3 nitrogen and oxygen atoms in total. The summed E-state index contributed by atoms with van der Waals surface area (Å²) < 4.78 is 0. The molecule has 59 heavy (non-hydrogen) atoms. The van der Waals surface area contributed by atoms with Crippen LogP contribution in [0.25, 0.3) is 63.3 Å². The second-order valence-electron chi connectivity index (χ2n) is 17.4. The number of fused-ring (bicyclic) bond motifs is 2. The molecule has 0 atom stereocenters. The maximum Gasteiger partial charge on any atom is 0.266 e. The van der Waals surface area contributed by atoms with Crippen molar-refractivity contribution in [1.29, 1.82) is 0 Å². The van der Waals surface area contributed by atoms with E-state index in [0.29, 0.717) is 11.1 Å². The van der Waals surface area contributed by atoms with Crippen LogP contribution in [0.3, 0.4) is 0 Å². The van der Waals surface area contributed by atoms with Crippen LogP contribution in [0.4, 0.5) is 5.69 Å². The van der Waals surface area contributed by atoms with E-state index in [1.807, 2.05) is 34.8 Å². The van der Waals surface area contributed by atoms with Crippen molar-refractivity contribution in [2.24, 2.45) is 0 Å². The molecule has 8 aromatic rings. The average molecular weight is 814 g/mol. The van der Waals surface area contributed by atoms with Crippen molar-refractivity contribution in [2.45, 2.75) is 118 Å². The summed E-state index contributed by atoms with van der Waals surface area (Å²) in [6, 6.07) is 30.7. The van der Waals surface area contributed by atoms with E-state index in [9.17, 15) is 9.59 Å². The van der Waals surface area contributed by atoms with E-state index in [4.69, 9.17) is 0 Å². The highest BCUT2D eigenvalue weighted by molar-refractivity contribution is 7.23. The molecule has 0 radical (unpaired) electrons. The smallest absolute Gasteiger partial charge is 0.266 e. The largest absolute Gasteiger partial charge is 0.268 e. The Bertz CT molecular complexity index is 2770. The van der Waals surface area contributed by atoms with Crippen LogP contribution in [-0.4, -0.2) is 11.8 Å². The van der Waals surface area contributed by atoms with Gasteiger partial charge < -0.3 is 0 Å². The van der Waals surface area contributed by atoms with Gasteiger partial charge in [0.2, 0.25) is 0 Å². The maximum atomic E-state index is 14.7. The van der Waals surface area contributed by atoms with E-state index in [1.54, 1.807) is 0 Å². The predicted molar refractivity (Wildman–Crippen MR) is 256 cm³/mol. The van der Waals surface area contributed by atoms with Gasteiger partial charge in [0.05, 0.1) is 5.69 Å². The molecule has 1 aliphatic heterocycles. The molecular weight excluding hydrogens is 759 g/mol. The minimum absolute atomic E-state index is 0.148. The number of benzene rings is 6. The lowest BCUT2D eigenvalue weighted by atomic mass is 9.83. The van der Waals surface area contributed by atoms with Crippen molar-refractivity contribution in [1.82, 2.24) is 0 Å². The highest BCUT2D eigenvalue weighted by Gasteiger charge is 2.38. The zero-order valence-electron chi connectivity index (χ0n) is 35.5. The average Bonchev–Trinajstić information content (AvgIpc) is 3.89. The fraction of sp³-hybridized carbons (Fsp3) is 0.333. The number of carbonyl (C=O) groups excluding carboxylic acids is 2. The van der Waals surface area contributed by atoms with Crippen molar-refractivity contribution in [3.63, 3.8) is 0 Å². The van der Waals surface area contributed by atoms with Gasteiger partial charge in [-0.3, -0.25) is 9.59 Å². The number of rotatable bonds is 15. The monoisotopic (exact) mass is 813 g/mol. The summed E-state index contributed by atoms with van der Waals surface area (Å²) in [6.07, 6.45) is 12.4. The molecule has 0 fully saturated rings. The first kappa shape index (κ1) is 39.6. The highest BCUT2D eigenvalue weighted by atomic mass is 32.1. The summed E-state index contributed by atoms with van der Waals surface area (Å²) >= 11 is 3.87. The molecule has 300 valence electrons. The first-order chi connectivity index (χ1) is 28.7. The topological polar surface area (TPSA) is 37.4 Å². The van der Waals surface area contributed by atoms with Crippen LogP contribution in [0.15, 0.2) is 90.3 Å². The third kappa shape index (κ3) is 6.79. The Morgan fingerprint density at radius 3 is 1.73 bits per heavy atom. The van der Waals surface area contributed by atoms with Gasteiger partial charge in [-0.2, -0.15) is 0 Å². The number of unbranched alkanes of at least 4 members (excludes halogenated alkanes) is 6. The molecular formula is C54H55NO2S2. The number of hydrogen-bond acceptors (Lipinski definition) is 4. The number of amides is 2. The number of thiophene rings is 2. The Balaban J connectivity index is 1.17. The van der Waals surface area contributed by atoms with Gasteiger partial charge in [0.15, 0.2) is 0 Å². The molecule has 9 rings (SSSR count). The molecule has 6 aromatic carbocycles. The number of para-hydroxylation sites is 1. The van der Waals surface area contributed by atoms with Gasteiger partial charge in [-0.25, -0.2) is 4.90 Å². The Morgan fingerprint density at radius 2 is 1.10 bits per heavy atom. The number of nitrogens with zero attached hydrogens (tertiary/aromatic N) is 1. The molecule has 0 bridgehead atoms. The van der Waals surface area contributed by atoms with Gasteiger partial charge in [-0.15, -0.1) is 22.7 Å². The minimum Gasteiger partial charge on any atom is -0.268 e. The van der Waals surface area contributed by atoms with Crippen LogP contribution in [0.5, 0.6) is 0 Å². The van der Waals surface area contributed by atoms with Gasteiger partial charge in [0, 0.05) is 31.1 Å². The molecule has 1 aliphatic rings. The van der Waals surface area contributed by atoms with Crippen molar-refractivity contribution in [3.05, 3.63) is 124 Å². The first-order valence-corrected chi connectivity index (χ1v) is 23.8. The lowest BCUT2D eigenvalue weighted by Gasteiger charge is -2.32. The summed E-state index contributed by atoms with van der Waals surface area (Å²) in [7, 11) is 0. The van der Waals surface area contributed by atoms with Crippen LogP contribution in [0.2, 0.25) is 0 Å². The Labute approximate surface area is 357 Å². The summed E-state index contributed by atoms with van der Waals surface area (Å²) in [5.74, 6) is -0.188. The fourth-order valence-electron chi connectivity index (χ4n) is 9.76. The SMILES string of the molecule is CCCCCCc1csc(-c2sc(-c3ccc4c5ccc6c7c(ccc(c8cccc3c84)c75)C(=O)N(c3c(C(C)C)cccc3C(C)C)C6=O)cc2CCCCCC)c1. The molecule has 0 spiro atoms. The van der Waals surface area contributed by atoms with Gasteiger partial charge in [-0.05, 0) is 133 Å². The van der Waals surface area contributed by atoms with Crippen molar-refractivity contribution < 1.29 is 9.59 Å². The van der Waals surface area contributed by atoms with Crippen LogP contribution in [0, 0.1) is 0 Å². The highest BCUT2D eigenvalue weighted by Crippen LogP contribution is 2.49. The molecule has 0 N–H and O–H groups in total. The zero-order chi connectivity index (χ0) is 40.9. The molecule has 2 aromatic heterocycles. The third-order valence-electron chi connectivity index (χ3n) is 12.8. The Morgan fingerprint density at radius 1 is 0.542 bits per heavy atom. The second-order valence-corrected chi connectivity index (χ2v) is 19.4. The van der Waals surface area contributed by atoms with Crippen molar-refractivity contribution in [2.75, 3.05) is 4.90 Å². The lowest BCUT2D eigenvalue weighted by molar-refractivity contribution is 0.0893. The molecule has 0 aliphatic carbocycles. The normalized spacial score (nSPS) is 13.3. The number of carbonyl (C=O) groups is 2. The first-order valence-electron chi connectivity index (χ1n) is 22.1. The fourth-order valence-corrected chi connectivity index (χ4v) is 12.1. The van der Waals surface area contributed by atoms with Gasteiger partial charge in [-0.1, -0.05) is 141 Å². The molecule has 5 heteroatoms. The number of hydrogen-bond donors (Lipinski definition) is 0. The van der Waals surface area contributed by atoms with Crippen molar-refractivity contribution >= 4 is 83.3 Å². The number of aryl methyl sites for hydroxylation is 2. The predicted octanol–water partition coefficient (Wildman–Crippen LogP) is 16.5. The zero-order valence-corrected chi connectivity index (χ0v) is 37.1. The number of anilines is 1. The molecule has 0 saturated carbocycles. The van der Waals surface area contributed by atoms with Crippen LogP contribution < -0.4 is 4.90 Å². The second kappa shape index (κ2) is 16.3. The minimum atomic E-state index is -0.242. The van der Waals surface area contributed by atoms with E-state index < -0.39 is 0 Å². The van der Waals surface area contributed by atoms with E-state index in [1.165, 1.54) is 105 Å². The Kier molecular flexibility index (Phi) is 11.0. The molecule has 0 saturated heterocycles. The van der Waals surface area contributed by atoms with Gasteiger partial charge in [0.25, 0.3) is 11.8 Å². The molecule has 3 heterocycles. The van der Waals surface area contributed by atoms with Crippen LogP contribution >= 0.6 is 22.7 Å². The summed E-state index contributed by atoms with van der Waals surface area (Å²) in [4.78, 5) is 35.1. The number of imide groups is 1. The standard InChI is InChI=1S/C54H55NO2S2/c1-7-9-11-13-17-34-29-47(58-31-34)52-35(18-14-12-10-8-2)30-46(59-52)38-23-24-41-43-26-28-45-50-44(27-25-42(49(43)50)40-22-16-21-39(38)48(40)41)53(56)55(54(45)57)51-36(32(3)4)19-15-20-37(51)33(5)6/h15-16,19-33H,7-14,17-18H2,1-6H3. The quantitative estimate of drug-likeness (QED) is 0.0447. The summed E-state index contributed by atoms with van der Waals surface area (Å²) in [5, 5.41) is 11.2. The van der Waals surface area contributed by atoms with E-state index in [-0.39, 0.29) is 23.7 Å². The Hall–Kier alpha value is -4.84. The molecule has 0 unspecified atom stereocenters. The van der Waals surface area contributed by atoms with Crippen LogP contribution in [-0.2, 0) is 12.8 Å². The molecule has 2 amide bonds. The maximum absolute atomic E-state index is 14.7. The summed E-state index contributed by atoms with van der Waals surface area (Å²) in [5.41, 5.74) is 8.19. The van der Waals surface area contributed by atoms with Gasteiger partial charge >= 0.3 is 0 Å². The van der Waals surface area contributed by atoms with Crippen LogP contribution in [0.1, 0.15) is 148 Å².